The van der Waals surface area contributed by atoms with Crippen molar-refractivity contribution in [3.05, 3.63) is 39.9 Å². The number of rotatable bonds is 1. The second kappa shape index (κ2) is 4.18. The van der Waals surface area contributed by atoms with E-state index in [1.807, 2.05) is 18.2 Å². The lowest BCUT2D eigenvalue weighted by Crippen LogP contribution is -2.48. The summed E-state index contributed by atoms with van der Waals surface area (Å²) >= 11 is 12.1. The van der Waals surface area contributed by atoms with Gasteiger partial charge in [-0.3, -0.25) is 0 Å². The fraction of sp³-hybridized carbons (Fsp3) is 0.308. The number of anilines is 1. The van der Waals surface area contributed by atoms with Crippen LogP contribution >= 0.6 is 23.2 Å². The highest BCUT2D eigenvalue weighted by molar-refractivity contribution is 6.36. The minimum absolute atomic E-state index is 0.0305. The van der Waals surface area contributed by atoms with E-state index in [4.69, 9.17) is 23.2 Å². The molecule has 5 heteroatoms. The monoisotopic (exact) mass is 282 g/mol. The van der Waals surface area contributed by atoms with Gasteiger partial charge in [-0.05, 0) is 30.0 Å². The molecule has 94 valence electrons. The maximum Gasteiger partial charge on any atom is 0.0699 e. The second-order valence-electron chi connectivity index (χ2n) is 4.65. The quantitative estimate of drug-likeness (QED) is 0.804. The van der Waals surface area contributed by atoms with Gasteiger partial charge in [-0.25, -0.2) is 0 Å². The van der Waals surface area contributed by atoms with Crippen LogP contribution in [0.3, 0.4) is 0 Å². The van der Waals surface area contributed by atoms with Crippen LogP contribution in [-0.4, -0.2) is 12.0 Å². The van der Waals surface area contributed by atoms with Gasteiger partial charge in [0, 0.05) is 10.9 Å². The summed E-state index contributed by atoms with van der Waals surface area (Å²) in [5, 5.41) is 15.2. The van der Waals surface area contributed by atoms with E-state index in [9.17, 15) is 9.90 Å². The van der Waals surface area contributed by atoms with Crippen molar-refractivity contribution < 1.29 is 9.90 Å². The summed E-state index contributed by atoms with van der Waals surface area (Å²) in [5.74, 6) is -1.08. The van der Waals surface area contributed by atoms with Crippen molar-refractivity contribution >= 4 is 34.9 Å². The molecule has 2 aliphatic rings. The lowest BCUT2D eigenvalue weighted by atomic mass is 9.79. The number of carbonyl (C=O) groups is 1. The number of carbonyl (C=O) groups excluding carboxylic acids is 1. The topological polar surface area (TPSA) is 52.2 Å². The standard InChI is InChI=1S/C13H11Cl2NO2/c14-6-4-9-7-2-1-3-8(7)12(13(17)18)16-11(9)10(15)5-6/h1-2,4-5,7-8,12,16H,3H2,(H,17,18)/p-1. The SMILES string of the molecule is O=C([O-])C1Nc2c(Cl)cc(Cl)cc2C2C=CCC12. The van der Waals surface area contributed by atoms with Crippen LogP contribution in [0, 0.1) is 5.92 Å². The molecule has 0 bridgehead atoms. The predicted octanol–water partition coefficient (Wildman–Crippen LogP) is 2.20. The number of nitrogens with one attached hydrogen (secondary N) is 1. The molecule has 0 saturated heterocycles. The van der Waals surface area contributed by atoms with Gasteiger partial charge >= 0.3 is 0 Å². The highest BCUT2D eigenvalue weighted by Gasteiger charge is 2.38. The third-order valence-corrected chi connectivity index (χ3v) is 4.16. The number of fused-ring (bicyclic) bond motifs is 3. The Morgan fingerprint density at radius 1 is 1.39 bits per heavy atom. The number of aliphatic carboxylic acids is 1. The van der Waals surface area contributed by atoms with Gasteiger partial charge in [0.1, 0.15) is 0 Å². The van der Waals surface area contributed by atoms with Gasteiger partial charge < -0.3 is 15.2 Å². The smallest absolute Gasteiger partial charge is 0.0699 e. The van der Waals surface area contributed by atoms with E-state index in [2.05, 4.69) is 5.32 Å². The Morgan fingerprint density at radius 2 is 2.17 bits per heavy atom. The van der Waals surface area contributed by atoms with Crippen LogP contribution in [0.15, 0.2) is 24.3 Å². The van der Waals surface area contributed by atoms with E-state index in [1.54, 1.807) is 6.07 Å². The lowest BCUT2D eigenvalue weighted by molar-refractivity contribution is -0.308. The third-order valence-electron chi connectivity index (χ3n) is 3.64. The maximum absolute atomic E-state index is 11.2. The first-order valence-corrected chi connectivity index (χ1v) is 6.46. The zero-order valence-corrected chi connectivity index (χ0v) is 10.8. The van der Waals surface area contributed by atoms with Crippen molar-refractivity contribution in [1.82, 2.24) is 0 Å². The summed E-state index contributed by atoms with van der Waals surface area (Å²) in [7, 11) is 0. The van der Waals surface area contributed by atoms with Gasteiger partial charge in [0.15, 0.2) is 0 Å². The molecule has 3 atom stereocenters. The van der Waals surface area contributed by atoms with Gasteiger partial charge in [-0.2, -0.15) is 0 Å². The third kappa shape index (κ3) is 1.70. The number of allylic oxidation sites excluding steroid dienone is 2. The molecule has 3 nitrogen and oxygen atoms in total. The van der Waals surface area contributed by atoms with Crippen molar-refractivity contribution in [3.63, 3.8) is 0 Å². The Morgan fingerprint density at radius 3 is 2.89 bits per heavy atom. The molecule has 1 N–H and O–H groups in total. The largest absolute Gasteiger partial charge is 0.548 e. The molecule has 0 fully saturated rings. The normalized spacial score (nSPS) is 28.4. The van der Waals surface area contributed by atoms with E-state index in [0.29, 0.717) is 15.7 Å². The first-order chi connectivity index (χ1) is 8.58. The van der Waals surface area contributed by atoms with Gasteiger partial charge in [0.25, 0.3) is 0 Å². The number of carboxylic acid groups (broad SMARTS) is 1. The predicted molar refractivity (Wildman–Crippen MR) is 68.9 cm³/mol. The molecule has 0 amide bonds. The number of hydrogen-bond donors (Lipinski definition) is 1. The molecular formula is C13H10Cl2NO2-. The molecule has 0 spiro atoms. The summed E-state index contributed by atoms with van der Waals surface area (Å²) in [6.45, 7) is 0. The van der Waals surface area contributed by atoms with Crippen molar-refractivity contribution in [3.8, 4) is 0 Å². The fourth-order valence-corrected chi connectivity index (χ4v) is 3.42. The number of benzene rings is 1. The Hall–Kier alpha value is -1.19. The zero-order chi connectivity index (χ0) is 12.9. The molecule has 18 heavy (non-hydrogen) atoms. The minimum Gasteiger partial charge on any atom is -0.548 e. The molecule has 0 saturated carbocycles. The summed E-state index contributed by atoms with van der Waals surface area (Å²) in [6.07, 6.45) is 4.74. The molecule has 0 aromatic heterocycles. The highest BCUT2D eigenvalue weighted by atomic mass is 35.5. The summed E-state index contributed by atoms with van der Waals surface area (Å²) in [6, 6.07) is 2.74. The number of hydrogen-bond acceptors (Lipinski definition) is 3. The van der Waals surface area contributed by atoms with Gasteiger partial charge in [0.05, 0.1) is 22.7 Å². The minimum atomic E-state index is -1.09. The molecular weight excluding hydrogens is 273 g/mol. The maximum atomic E-state index is 11.2. The first kappa shape index (κ1) is 11.9. The van der Waals surface area contributed by atoms with Gasteiger partial charge in [-0.1, -0.05) is 35.4 Å². The molecule has 1 aliphatic heterocycles. The van der Waals surface area contributed by atoms with E-state index in [1.165, 1.54) is 0 Å². The zero-order valence-electron chi connectivity index (χ0n) is 9.32. The van der Waals surface area contributed by atoms with Crippen LogP contribution in [0.4, 0.5) is 5.69 Å². The molecule has 1 heterocycles. The molecule has 0 radical (unpaired) electrons. The molecule has 3 unspecified atom stereocenters. The van der Waals surface area contributed by atoms with Crippen LogP contribution in [-0.2, 0) is 4.79 Å². The Labute approximate surface area is 114 Å². The second-order valence-corrected chi connectivity index (χ2v) is 5.49. The van der Waals surface area contributed by atoms with Gasteiger partial charge in [-0.15, -0.1) is 0 Å². The first-order valence-electron chi connectivity index (χ1n) is 5.71. The van der Waals surface area contributed by atoms with Crippen molar-refractivity contribution in [1.29, 1.82) is 0 Å². The fourth-order valence-electron chi connectivity index (χ4n) is 2.85. The van der Waals surface area contributed by atoms with Crippen molar-refractivity contribution in [2.45, 2.75) is 18.4 Å². The van der Waals surface area contributed by atoms with E-state index in [0.717, 1.165) is 12.0 Å². The van der Waals surface area contributed by atoms with Crippen LogP contribution in [0.5, 0.6) is 0 Å². The molecule has 3 rings (SSSR count). The van der Waals surface area contributed by atoms with E-state index >= 15 is 0 Å². The summed E-state index contributed by atoms with van der Waals surface area (Å²) < 4.78 is 0. The Bertz CT molecular complexity index is 556. The van der Waals surface area contributed by atoms with Crippen LogP contribution in [0.1, 0.15) is 17.9 Å². The number of halogens is 2. The van der Waals surface area contributed by atoms with E-state index in [-0.39, 0.29) is 11.8 Å². The van der Waals surface area contributed by atoms with Crippen LogP contribution < -0.4 is 10.4 Å². The van der Waals surface area contributed by atoms with Gasteiger partial charge in [0.2, 0.25) is 0 Å². The van der Waals surface area contributed by atoms with Crippen molar-refractivity contribution in [2.24, 2.45) is 5.92 Å². The molecule has 1 aromatic rings. The van der Waals surface area contributed by atoms with E-state index < -0.39 is 12.0 Å². The Kier molecular flexibility index (Phi) is 2.76. The lowest BCUT2D eigenvalue weighted by Gasteiger charge is -2.38. The molecule has 1 aliphatic carbocycles. The summed E-state index contributed by atoms with van der Waals surface area (Å²) in [4.78, 5) is 11.2. The molecule has 1 aromatic carbocycles. The average Bonchev–Trinajstić information content (AvgIpc) is 2.76. The average molecular weight is 283 g/mol. The summed E-state index contributed by atoms with van der Waals surface area (Å²) in [5.41, 5.74) is 1.62. The van der Waals surface area contributed by atoms with Crippen LogP contribution in [0.2, 0.25) is 10.0 Å². The highest BCUT2D eigenvalue weighted by Crippen LogP contribution is 2.47. The Balaban J connectivity index is 2.14. The van der Waals surface area contributed by atoms with Crippen LogP contribution in [0.25, 0.3) is 0 Å². The number of carboxylic acids is 1. The van der Waals surface area contributed by atoms with Crippen molar-refractivity contribution in [2.75, 3.05) is 5.32 Å².